The SMILES string of the molecule is COCC(=O)NCCOCCN1CCN(S)CC1. The first kappa shape index (κ1) is 15.7. The molecule has 1 aliphatic rings. The molecule has 0 saturated carbocycles. The fraction of sp³-hybridized carbons (Fsp3) is 0.909. The van der Waals surface area contributed by atoms with Gasteiger partial charge in [0.15, 0.2) is 0 Å². The van der Waals surface area contributed by atoms with E-state index in [1.807, 2.05) is 4.31 Å². The summed E-state index contributed by atoms with van der Waals surface area (Å²) in [5, 5.41) is 2.71. The van der Waals surface area contributed by atoms with Crippen LogP contribution in [0.25, 0.3) is 0 Å². The van der Waals surface area contributed by atoms with Gasteiger partial charge < -0.3 is 14.8 Å². The Kier molecular flexibility index (Phi) is 8.36. The molecule has 106 valence electrons. The van der Waals surface area contributed by atoms with Crippen molar-refractivity contribution in [1.82, 2.24) is 14.5 Å². The van der Waals surface area contributed by atoms with Crippen LogP contribution < -0.4 is 5.32 Å². The average Bonchev–Trinajstić information content (AvgIpc) is 2.36. The van der Waals surface area contributed by atoms with Gasteiger partial charge in [0.1, 0.15) is 6.61 Å². The first-order valence-corrected chi connectivity index (χ1v) is 6.62. The number of nitrogens with one attached hydrogen (secondary N) is 1. The summed E-state index contributed by atoms with van der Waals surface area (Å²) in [5.74, 6) is -0.106. The summed E-state index contributed by atoms with van der Waals surface area (Å²) in [4.78, 5) is 13.4. The number of methoxy groups -OCH3 is 1. The summed E-state index contributed by atoms with van der Waals surface area (Å²) >= 11 is 4.30. The van der Waals surface area contributed by atoms with Gasteiger partial charge in [-0.15, -0.1) is 0 Å². The minimum absolute atomic E-state index is 0.105. The normalized spacial score (nSPS) is 17.9. The third-order valence-electron chi connectivity index (χ3n) is 2.74. The number of nitrogens with zero attached hydrogens (tertiary/aromatic N) is 2. The first-order chi connectivity index (χ1) is 8.72. The molecule has 0 bridgehead atoms. The van der Waals surface area contributed by atoms with E-state index >= 15 is 0 Å². The predicted molar refractivity (Wildman–Crippen MR) is 72.7 cm³/mol. The molecule has 6 nitrogen and oxygen atoms in total. The van der Waals surface area contributed by atoms with Crippen molar-refractivity contribution in [1.29, 1.82) is 0 Å². The molecule has 0 atom stereocenters. The number of thiol groups is 1. The van der Waals surface area contributed by atoms with Crippen LogP contribution in [0.3, 0.4) is 0 Å². The topological polar surface area (TPSA) is 54.0 Å². The van der Waals surface area contributed by atoms with Crippen LogP contribution in [-0.4, -0.2) is 81.3 Å². The van der Waals surface area contributed by atoms with Crippen LogP contribution in [0.2, 0.25) is 0 Å². The summed E-state index contributed by atoms with van der Waals surface area (Å²) in [5.41, 5.74) is 0. The Balaban J connectivity index is 1.88. The van der Waals surface area contributed by atoms with Crippen molar-refractivity contribution in [3.8, 4) is 0 Å². The molecule has 0 aromatic heterocycles. The lowest BCUT2D eigenvalue weighted by molar-refractivity contribution is -0.124. The maximum absolute atomic E-state index is 11.0. The van der Waals surface area contributed by atoms with Gasteiger partial charge in [0.25, 0.3) is 0 Å². The Bertz CT molecular complexity index is 236. The second kappa shape index (κ2) is 9.57. The van der Waals surface area contributed by atoms with E-state index in [1.54, 1.807) is 0 Å². The number of carbonyl (C=O) groups excluding carboxylic acids is 1. The standard InChI is InChI=1S/C11H23N3O3S/c1-16-10-11(15)12-2-8-17-9-7-13-3-5-14(18)6-4-13/h18H,2-10H2,1H3,(H,12,15). The molecule has 0 unspecified atom stereocenters. The van der Waals surface area contributed by atoms with Crippen LogP contribution in [0.1, 0.15) is 0 Å². The highest BCUT2D eigenvalue weighted by Gasteiger charge is 2.13. The Morgan fingerprint density at radius 1 is 1.28 bits per heavy atom. The van der Waals surface area contributed by atoms with E-state index in [0.717, 1.165) is 32.7 Å². The lowest BCUT2D eigenvalue weighted by Crippen LogP contribution is -2.43. The number of rotatable bonds is 8. The third kappa shape index (κ3) is 7.17. The van der Waals surface area contributed by atoms with Crippen molar-refractivity contribution in [2.45, 2.75) is 0 Å². The first-order valence-electron chi connectivity index (χ1n) is 6.22. The summed E-state index contributed by atoms with van der Waals surface area (Å²) in [7, 11) is 1.50. The number of piperazine rings is 1. The van der Waals surface area contributed by atoms with Crippen molar-refractivity contribution in [2.24, 2.45) is 0 Å². The van der Waals surface area contributed by atoms with E-state index < -0.39 is 0 Å². The van der Waals surface area contributed by atoms with Gasteiger partial charge in [-0.2, -0.15) is 0 Å². The maximum atomic E-state index is 11.0. The highest BCUT2D eigenvalue weighted by molar-refractivity contribution is 7.77. The molecule has 0 aromatic carbocycles. The Hall–Kier alpha value is -0.340. The van der Waals surface area contributed by atoms with Gasteiger partial charge in [0, 0.05) is 46.4 Å². The third-order valence-corrected chi connectivity index (χ3v) is 3.14. The fourth-order valence-electron chi connectivity index (χ4n) is 1.70. The molecule has 1 N–H and O–H groups in total. The lowest BCUT2D eigenvalue weighted by atomic mass is 10.3. The van der Waals surface area contributed by atoms with Crippen molar-refractivity contribution in [3.63, 3.8) is 0 Å². The molecule has 1 saturated heterocycles. The molecule has 18 heavy (non-hydrogen) atoms. The van der Waals surface area contributed by atoms with E-state index in [9.17, 15) is 4.79 Å². The number of hydrogen-bond acceptors (Lipinski definition) is 6. The maximum Gasteiger partial charge on any atom is 0.246 e. The molecular formula is C11H23N3O3S. The highest BCUT2D eigenvalue weighted by atomic mass is 32.1. The molecule has 7 heteroatoms. The lowest BCUT2D eigenvalue weighted by Gasteiger charge is -2.31. The van der Waals surface area contributed by atoms with Gasteiger partial charge >= 0.3 is 0 Å². The van der Waals surface area contributed by atoms with Gasteiger partial charge in [-0.05, 0) is 0 Å². The molecule has 1 aliphatic heterocycles. The Morgan fingerprint density at radius 3 is 2.67 bits per heavy atom. The van der Waals surface area contributed by atoms with E-state index in [1.165, 1.54) is 7.11 Å². The van der Waals surface area contributed by atoms with Crippen LogP contribution in [-0.2, 0) is 14.3 Å². The van der Waals surface area contributed by atoms with E-state index in [2.05, 4.69) is 23.0 Å². The molecule has 1 amide bonds. The molecule has 1 fully saturated rings. The number of hydrogen-bond donors (Lipinski definition) is 2. The summed E-state index contributed by atoms with van der Waals surface area (Å²) in [6.07, 6.45) is 0. The molecule has 0 spiro atoms. The number of carbonyl (C=O) groups is 1. The van der Waals surface area contributed by atoms with Gasteiger partial charge in [-0.3, -0.25) is 14.0 Å². The average molecular weight is 277 g/mol. The zero-order chi connectivity index (χ0) is 13.2. The van der Waals surface area contributed by atoms with Crippen LogP contribution in [0, 0.1) is 0 Å². The van der Waals surface area contributed by atoms with Gasteiger partial charge in [0.05, 0.1) is 13.2 Å². The van der Waals surface area contributed by atoms with Crippen molar-refractivity contribution in [2.75, 3.05) is 66.2 Å². The molecule has 1 rings (SSSR count). The number of ether oxygens (including phenoxy) is 2. The second-order valence-electron chi connectivity index (χ2n) is 4.19. The van der Waals surface area contributed by atoms with Crippen LogP contribution in [0.15, 0.2) is 0 Å². The Labute approximate surface area is 114 Å². The van der Waals surface area contributed by atoms with Crippen molar-refractivity contribution in [3.05, 3.63) is 0 Å². The van der Waals surface area contributed by atoms with Crippen LogP contribution >= 0.6 is 12.8 Å². The molecule has 0 radical (unpaired) electrons. The predicted octanol–water partition coefficient (Wildman–Crippen LogP) is -0.772. The van der Waals surface area contributed by atoms with Gasteiger partial charge in [0.2, 0.25) is 5.91 Å². The van der Waals surface area contributed by atoms with Crippen LogP contribution in [0.4, 0.5) is 0 Å². The summed E-state index contributed by atoms with van der Waals surface area (Å²) in [6, 6.07) is 0. The van der Waals surface area contributed by atoms with E-state index in [0.29, 0.717) is 19.8 Å². The van der Waals surface area contributed by atoms with E-state index in [-0.39, 0.29) is 12.5 Å². The minimum Gasteiger partial charge on any atom is -0.378 e. The van der Waals surface area contributed by atoms with Gasteiger partial charge in [-0.25, -0.2) is 0 Å². The quantitative estimate of drug-likeness (QED) is 0.451. The van der Waals surface area contributed by atoms with Crippen molar-refractivity contribution >= 4 is 18.7 Å². The van der Waals surface area contributed by atoms with Crippen molar-refractivity contribution < 1.29 is 14.3 Å². The zero-order valence-corrected chi connectivity index (χ0v) is 11.8. The highest BCUT2D eigenvalue weighted by Crippen LogP contribution is 2.02. The van der Waals surface area contributed by atoms with Gasteiger partial charge in [-0.1, -0.05) is 12.8 Å². The fourth-order valence-corrected chi connectivity index (χ4v) is 1.88. The molecular weight excluding hydrogens is 254 g/mol. The zero-order valence-electron chi connectivity index (χ0n) is 10.9. The molecule has 0 aromatic rings. The summed E-state index contributed by atoms with van der Waals surface area (Å²) in [6.45, 7) is 6.89. The second-order valence-corrected chi connectivity index (χ2v) is 4.76. The largest absolute Gasteiger partial charge is 0.378 e. The smallest absolute Gasteiger partial charge is 0.246 e. The molecule has 1 heterocycles. The number of amides is 1. The van der Waals surface area contributed by atoms with Crippen LogP contribution in [0.5, 0.6) is 0 Å². The molecule has 0 aliphatic carbocycles. The summed E-state index contributed by atoms with van der Waals surface area (Å²) < 4.78 is 12.2. The Morgan fingerprint density at radius 2 is 2.00 bits per heavy atom. The van der Waals surface area contributed by atoms with E-state index in [4.69, 9.17) is 9.47 Å². The minimum atomic E-state index is -0.106. The monoisotopic (exact) mass is 277 g/mol.